The fourth-order valence-electron chi connectivity index (χ4n) is 5.12. The van der Waals surface area contributed by atoms with Crippen molar-refractivity contribution in [2.45, 2.75) is 25.8 Å². The van der Waals surface area contributed by atoms with Crippen molar-refractivity contribution < 1.29 is 9.18 Å². The van der Waals surface area contributed by atoms with Gasteiger partial charge in [-0.3, -0.25) is 9.69 Å². The van der Waals surface area contributed by atoms with E-state index in [1.54, 1.807) is 6.07 Å². The van der Waals surface area contributed by atoms with E-state index in [0.29, 0.717) is 6.54 Å². The number of halogens is 1. The van der Waals surface area contributed by atoms with Crippen LogP contribution in [0.3, 0.4) is 0 Å². The van der Waals surface area contributed by atoms with Crippen LogP contribution in [0, 0.1) is 11.2 Å². The third-order valence-corrected chi connectivity index (χ3v) is 6.62. The fraction of sp³-hybridized carbons (Fsp3) is 0.375. The highest BCUT2D eigenvalue weighted by atomic mass is 19.1. The van der Waals surface area contributed by atoms with Gasteiger partial charge in [-0.05, 0) is 56.1 Å². The molecule has 0 radical (unpaired) electrons. The SMILES string of the molecule is O=C(c1ccc2[nH]ccc2c1)N1CCC2(CCCN(Cc3ccccc3F)C2)C1. The smallest absolute Gasteiger partial charge is 0.253 e. The second-order valence-corrected chi connectivity index (χ2v) is 8.66. The molecule has 2 aliphatic rings. The minimum absolute atomic E-state index is 0.121. The minimum atomic E-state index is -0.129. The van der Waals surface area contributed by atoms with E-state index in [1.165, 1.54) is 6.07 Å². The molecule has 2 aromatic carbocycles. The number of hydrogen-bond donors (Lipinski definition) is 1. The van der Waals surface area contributed by atoms with Crippen molar-refractivity contribution in [1.82, 2.24) is 14.8 Å². The standard InChI is InChI=1S/C24H26FN3O/c25-21-5-2-1-4-20(21)15-27-12-3-9-24(16-27)10-13-28(17-24)23(29)19-6-7-22-18(14-19)8-11-26-22/h1-2,4-8,11,14,26H,3,9-10,12-13,15-17H2. The second-order valence-electron chi connectivity index (χ2n) is 8.66. The van der Waals surface area contributed by atoms with Crippen molar-refractivity contribution in [3.05, 3.63) is 71.7 Å². The Balaban J connectivity index is 1.28. The number of benzene rings is 2. The Morgan fingerprint density at radius 1 is 1.07 bits per heavy atom. The number of likely N-dealkylation sites (tertiary alicyclic amines) is 2. The monoisotopic (exact) mass is 391 g/mol. The molecule has 3 aromatic rings. The van der Waals surface area contributed by atoms with Crippen molar-refractivity contribution in [1.29, 1.82) is 0 Å². The Labute approximate surface area is 170 Å². The number of carbonyl (C=O) groups excluding carboxylic acids is 1. The third-order valence-electron chi connectivity index (χ3n) is 6.62. The van der Waals surface area contributed by atoms with Gasteiger partial charge in [-0.2, -0.15) is 0 Å². The average molecular weight is 391 g/mol. The van der Waals surface area contributed by atoms with Crippen LogP contribution in [0.25, 0.3) is 10.9 Å². The molecule has 1 unspecified atom stereocenters. The van der Waals surface area contributed by atoms with Gasteiger partial charge >= 0.3 is 0 Å². The van der Waals surface area contributed by atoms with Gasteiger partial charge in [-0.15, -0.1) is 0 Å². The third kappa shape index (κ3) is 3.55. The first-order valence-electron chi connectivity index (χ1n) is 10.4. The van der Waals surface area contributed by atoms with Gasteiger partial charge in [0.2, 0.25) is 0 Å². The van der Waals surface area contributed by atoms with Crippen molar-refractivity contribution in [3.8, 4) is 0 Å². The van der Waals surface area contributed by atoms with Crippen LogP contribution < -0.4 is 0 Å². The lowest BCUT2D eigenvalue weighted by Gasteiger charge is -2.40. The molecule has 1 amide bonds. The lowest BCUT2D eigenvalue weighted by Crippen LogP contribution is -2.45. The summed E-state index contributed by atoms with van der Waals surface area (Å²) in [6.07, 6.45) is 5.17. The summed E-state index contributed by atoms with van der Waals surface area (Å²) in [4.78, 5) is 20.7. The molecule has 4 nitrogen and oxygen atoms in total. The van der Waals surface area contributed by atoms with Crippen LogP contribution >= 0.6 is 0 Å². The topological polar surface area (TPSA) is 39.3 Å². The van der Waals surface area contributed by atoms with E-state index in [9.17, 15) is 9.18 Å². The highest BCUT2D eigenvalue weighted by molar-refractivity contribution is 5.98. The second kappa shape index (κ2) is 7.30. The zero-order valence-electron chi connectivity index (χ0n) is 16.5. The van der Waals surface area contributed by atoms with Gasteiger partial charge in [0.25, 0.3) is 5.91 Å². The number of nitrogens with zero attached hydrogens (tertiary/aromatic N) is 2. The number of rotatable bonds is 3. The van der Waals surface area contributed by atoms with Gasteiger partial charge < -0.3 is 9.88 Å². The van der Waals surface area contributed by atoms with Crippen molar-refractivity contribution in [2.75, 3.05) is 26.2 Å². The fourth-order valence-corrected chi connectivity index (χ4v) is 5.12. The Kier molecular flexibility index (Phi) is 4.63. The molecule has 2 fully saturated rings. The molecule has 0 aliphatic carbocycles. The van der Waals surface area contributed by atoms with Gasteiger partial charge in [-0.1, -0.05) is 18.2 Å². The molecule has 0 saturated carbocycles. The molecule has 3 heterocycles. The van der Waals surface area contributed by atoms with Gasteiger partial charge in [0.05, 0.1) is 0 Å². The number of aromatic nitrogens is 1. The van der Waals surface area contributed by atoms with E-state index in [4.69, 9.17) is 0 Å². The van der Waals surface area contributed by atoms with Crippen molar-refractivity contribution in [2.24, 2.45) is 5.41 Å². The Morgan fingerprint density at radius 3 is 2.86 bits per heavy atom. The molecule has 2 aliphatic heterocycles. The normalized spacial score (nSPS) is 22.6. The average Bonchev–Trinajstić information content (AvgIpc) is 3.36. The number of aromatic amines is 1. The van der Waals surface area contributed by atoms with Gasteiger partial charge in [0, 0.05) is 59.8 Å². The van der Waals surface area contributed by atoms with Gasteiger partial charge in [0.1, 0.15) is 5.82 Å². The molecule has 5 rings (SSSR count). The lowest BCUT2D eigenvalue weighted by molar-refractivity contribution is 0.0673. The van der Waals surface area contributed by atoms with E-state index >= 15 is 0 Å². The Hall–Kier alpha value is -2.66. The number of piperidine rings is 1. The molecule has 2 saturated heterocycles. The summed E-state index contributed by atoms with van der Waals surface area (Å²) in [5.74, 6) is -0.00768. The van der Waals surface area contributed by atoms with Gasteiger partial charge in [0.15, 0.2) is 0 Å². The molecular formula is C24H26FN3O. The summed E-state index contributed by atoms with van der Waals surface area (Å²) in [5.41, 5.74) is 2.70. The maximum atomic E-state index is 14.1. The first-order chi connectivity index (χ1) is 14.1. The van der Waals surface area contributed by atoms with Gasteiger partial charge in [-0.25, -0.2) is 4.39 Å². The first kappa shape index (κ1) is 18.4. The van der Waals surface area contributed by atoms with E-state index in [2.05, 4.69) is 9.88 Å². The van der Waals surface area contributed by atoms with E-state index < -0.39 is 0 Å². The van der Waals surface area contributed by atoms with Crippen LogP contribution in [0.15, 0.2) is 54.7 Å². The zero-order chi connectivity index (χ0) is 19.8. The maximum absolute atomic E-state index is 14.1. The number of nitrogens with one attached hydrogen (secondary N) is 1. The summed E-state index contributed by atoms with van der Waals surface area (Å²) < 4.78 is 14.1. The molecule has 150 valence electrons. The van der Waals surface area contributed by atoms with E-state index in [0.717, 1.165) is 67.5 Å². The molecule has 1 spiro atoms. The number of hydrogen-bond acceptors (Lipinski definition) is 2. The van der Waals surface area contributed by atoms with E-state index in [1.807, 2.05) is 47.5 Å². The van der Waals surface area contributed by atoms with Crippen LogP contribution in [-0.4, -0.2) is 46.9 Å². The molecule has 1 aromatic heterocycles. The number of amides is 1. The Morgan fingerprint density at radius 2 is 1.97 bits per heavy atom. The summed E-state index contributed by atoms with van der Waals surface area (Å²) >= 11 is 0. The largest absolute Gasteiger partial charge is 0.361 e. The van der Waals surface area contributed by atoms with E-state index in [-0.39, 0.29) is 17.1 Å². The van der Waals surface area contributed by atoms with Crippen molar-refractivity contribution in [3.63, 3.8) is 0 Å². The first-order valence-corrected chi connectivity index (χ1v) is 10.4. The highest BCUT2D eigenvalue weighted by Gasteiger charge is 2.42. The molecule has 29 heavy (non-hydrogen) atoms. The zero-order valence-corrected chi connectivity index (χ0v) is 16.5. The molecule has 0 bridgehead atoms. The summed E-state index contributed by atoms with van der Waals surface area (Å²) in [5, 5.41) is 1.07. The number of fused-ring (bicyclic) bond motifs is 1. The quantitative estimate of drug-likeness (QED) is 0.717. The predicted molar refractivity (Wildman–Crippen MR) is 112 cm³/mol. The summed E-state index contributed by atoms with van der Waals surface area (Å²) in [6, 6.07) is 14.9. The highest BCUT2D eigenvalue weighted by Crippen LogP contribution is 2.40. The molecular weight excluding hydrogens is 365 g/mol. The van der Waals surface area contributed by atoms with Crippen LogP contribution in [0.4, 0.5) is 4.39 Å². The Bertz CT molecular complexity index is 1050. The van der Waals surface area contributed by atoms with Crippen LogP contribution in [0.5, 0.6) is 0 Å². The summed E-state index contributed by atoms with van der Waals surface area (Å²) in [7, 11) is 0. The molecule has 1 N–H and O–H groups in total. The minimum Gasteiger partial charge on any atom is -0.361 e. The summed E-state index contributed by atoms with van der Waals surface area (Å²) in [6.45, 7) is 4.17. The number of H-pyrrole nitrogens is 1. The molecule has 5 heteroatoms. The predicted octanol–water partition coefficient (Wildman–Crippen LogP) is 4.44. The lowest BCUT2D eigenvalue weighted by atomic mass is 9.79. The van der Waals surface area contributed by atoms with Crippen LogP contribution in [0.1, 0.15) is 35.2 Å². The number of carbonyl (C=O) groups is 1. The maximum Gasteiger partial charge on any atom is 0.253 e. The molecule has 1 atom stereocenters. The van der Waals surface area contributed by atoms with Crippen molar-refractivity contribution >= 4 is 16.8 Å². The van der Waals surface area contributed by atoms with Crippen LogP contribution in [0.2, 0.25) is 0 Å². The van der Waals surface area contributed by atoms with Crippen LogP contribution in [-0.2, 0) is 6.54 Å².